The molecule has 0 N–H and O–H groups in total. The Labute approximate surface area is 134 Å². The van der Waals surface area contributed by atoms with E-state index in [1.807, 2.05) is 53.9 Å². The lowest BCUT2D eigenvalue weighted by Crippen LogP contribution is -2.42. The third kappa shape index (κ3) is 2.40. The van der Waals surface area contributed by atoms with Gasteiger partial charge in [-0.15, -0.1) is 11.3 Å². The minimum atomic E-state index is 0.0396. The smallest absolute Gasteiger partial charge is 0.271 e. The predicted molar refractivity (Wildman–Crippen MR) is 91.0 cm³/mol. The van der Waals surface area contributed by atoms with Gasteiger partial charge in [0, 0.05) is 10.6 Å². The summed E-state index contributed by atoms with van der Waals surface area (Å²) in [6, 6.07) is 14.1. The van der Waals surface area contributed by atoms with Crippen LogP contribution in [0.4, 0.5) is 5.69 Å². The molecule has 6 heteroatoms. The quantitative estimate of drug-likeness (QED) is 0.720. The number of nitrogens with zero attached hydrogens (tertiary/aromatic N) is 3. The van der Waals surface area contributed by atoms with Gasteiger partial charge in [-0.1, -0.05) is 35.6 Å². The summed E-state index contributed by atoms with van der Waals surface area (Å²) in [5, 5.41) is 2.01. The van der Waals surface area contributed by atoms with E-state index in [0.717, 1.165) is 19.9 Å². The summed E-state index contributed by atoms with van der Waals surface area (Å²) in [6.45, 7) is 1.14. The summed E-state index contributed by atoms with van der Waals surface area (Å²) in [6.07, 6.45) is 1.95. The summed E-state index contributed by atoms with van der Waals surface area (Å²) in [5.74, 6) is 0. The second-order valence-corrected chi connectivity index (χ2v) is 6.95. The van der Waals surface area contributed by atoms with Crippen molar-refractivity contribution in [2.45, 2.75) is 6.67 Å². The van der Waals surface area contributed by atoms with E-state index in [9.17, 15) is 4.79 Å². The van der Waals surface area contributed by atoms with E-state index in [0.29, 0.717) is 13.3 Å². The number of benzene rings is 1. The van der Waals surface area contributed by atoms with E-state index in [1.165, 1.54) is 11.3 Å². The van der Waals surface area contributed by atoms with Crippen LogP contribution in [0.5, 0.6) is 0 Å². The molecule has 1 aromatic carbocycles. The van der Waals surface area contributed by atoms with Crippen LogP contribution in [0.25, 0.3) is 6.08 Å². The molecule has 0 fully saturated rings. The van der Waals surface area contributed by atoms with Crippen LogP contribution in [0.2, 0.25) is 0 Å². The summed E-state index contributed by atoms with van der Waals surface area (Å²) in [4.78, 5) is 21.1. The molecular weight excluding hydrogens is 314 g/mol. The van der Waals surface area contributed by atoms with Crippen LogP contribution < -0.4 is 19.8 Å². The average Bonchev–Trinajstić information content (AvgIpc) is 3.17. The van der Waals surface area contributed by atoms with Gasteiger partial charge in [-0.05, 0) is 29.7 Å². The zero-order valence-electron chi connectivity index (χ0n) is 11.7. The highest BCUT2D eigenvalue weighted by Gasteiger charge is 2.15. The molecule has 4 nitrogen and oxygen atoms in total. The lowest BCUT2D eigenvalue weighted by molar-refractivity contribution is 0.569. The zero-order valence-corrected chi connectivity index (χ0v) is 13.3. The number of anilines is 1. The Morgan fingerprint density at radius 3 is 2.77 bits per heavy atom. The van der Waals surface area contributed by atoms with Gasteiger partial charge in [-0.3, -0.25) is 9.36 Å². The average molecular weight is 327 g/mol. The van der Waals surface area contributed by atoms with E-state index in [-0.39, 0.29) is 5.56 Å². The molecule has 0 saturated carbocycles. The largest absolute Gasteiger partial charge is 0.334 e. The SMILES string of the molecule is O=c1c(=Cc2cccs2)sc2n1CN(c1ccccc1)CN=2. The van der Waals surface area contributed by atoms with E-state index in [2.05, 4.69) is 9.89 Å². The number of hydrogen-bond acceptors (Lipinski definition) is 5. The fourth-order valence-corrected chi connectivity index (χ4v) is 4.10. The molecule has 0 saturated heterocycles. The van der Waals surface area contributed by atoms with Gasteiger partial charge in [-0.2, -0.15) is 0 Å². The highest BCUT2D eigenvalue weighted by molar-refractivity contribution is 7.11. The van der Waals surface area contributed by atoms with Crippen LogP contribution in [0.15, 0.2) is 57.6 Å². The Hall–Kier alpha value is -2.18. The fourth-order valence-electron chi connectivity index (χ4n) is 2.42. The molecule has 3 aromatic rings. The number of thiophene rings is 1. The number of rotatable bonds is 2. The second kappa shape index (κ2) is 5.55. The van der Waals surface area contributed by atoms with Crippen LogP contribution in [-0.2, 0) is 6.67 Å². The summed E-state index contributed by atoms with van der Waals surface area (Å²) in [7, 11) is 0. The van der Waals surface area contributed by atoms with Crippen LogP contribution >= 0.6 is 22.7 Å². The van der Waals surface area contributed by atoms with Gasteiger partial charge in [-0.25, -0.2) is 4.99 Å². The first-order valence-corrected chi connectivity index (χ1v) is 8.60. The molecule has 0 bridgehead atoms. The number of fused-ring (bicyclic) bond motifs is 1. The van der Waals surface area contributed by atoms with Crippen molar-refractivity contribution in [2.24, 2.45) is 4.99 Å². The Kier molecular flexibility index (Phi) is 3.40. The molecule has 0 unspecified atom stereocenters. The molecule has 3 heterocycles. The Bertz CT molecular complexity index is 955. The standard InChI is InChI=1S/C16H13N3OS2/c20-15-14(9-13-7-4-8-21-13)22-16-17-10-18(11-19(15)16)12-5-2-1-3-6-12/h1-9H,10-11H2. The number of para-hydroxylation sites is 1. The van der Waals surface area contributed by atoms with Crippen molar-refractivity contribution in [1.29, 1.82) is 0 Å². The normalized spacial score (nSPS) is 14.7. The van der Waals surface area contributed by atoms with Crippen molar-refractivity contribution < 1.29 is 0 Å². The topological polar surface area (TPSA) is 37.6 Å². The Balaban J connectivity index is 1.75. The monoisotopic (exact) mass is 327 g/mol. The molecule has 0 radical (unpaired) electrons. The van der Waals surface area contributed by atoms with E-state index < -0.39 is 0 Å². The van der Waals surface area contributed by atoms with Gasteiger partial charge < -0.3 is 4.90 Å². The summed E-state index contributed by atoms with van der Waals surface area (Å²) < 4.78 is 2.50. The van der Waals surface area contributed by atoms with Gasteiger partial charge in [0.15, 0.2) is 4.80 Å². The molecule has 1 aliphatic rings. The van der Waals surface area contributed by atoms with Gasteiger partial charge in [0.25, 0.3) is 5.56 Å². The van der Waals surface area contributed by atoms with Crippen LogP contribution in [-0.4, -0.2) is 11.2 Å². The van der Waals surface area contributed by atoms with Crippen molar-refractivity contribution >= 4 is 34.4 Å². The van der Waals surface area contributed by atoms with Gasteiger partial charge in [0.05, 0.1) is 4.53 Å². The molecule has 0 amide bonds. The van der Waals surface area contributed by atoms with Gasteiger partial charge >= 0.3 is 0 Å². The Morgan fingerprint density at radius 1 is 1.14 bits per heavy atom. The first-order valence-electron chi connectivity index (χ1n) is 6.90. The summed E-state index contributed by atoms with van der Waals surface area (Å²) in [5.41, 5.74) is 1.12. The lowest BCUT2D eigenvalue weighted by atomic mass is 10.3. The third-order valence-electron chi connectivity index (χ3n) is 3.51. The minimum Gasteiger partial charge on any atom is -0.334 e. The van der Waals surface area contributed by atoms with Crippen molar-refractivity contribution in [2.75, 3.05) is 11.6 Å². The van der Waals surface area contributed by atoms with Crippen LogP contribution in [0.3, 0.4) is 0 Å². The van der Waals surface area contributed by atoms with Gasteiger partial charge in [0.2, 0.25) is 0 Å². The molecule has 2 aromatic heterocycles. The van der Waals surface area contributed by atoms with Crippen LogP contribution in [0.1, 0.15) is 4.88 Å². The van der Waals surface area contributed by atoms with E-state index >= 15 is 0 Å². The maximum Gasteiger partial charge on any atom is 0.271 e. The first-order chi connectivity index (χ1) is 10.8. The summed E-state index contributed by atoms with van der Waals surface area (Å²) >= 11 is 3.10. The maximum atomic E-state index is 12.6. The lowest BCUT2D eigenvalue weighted by Gasteiger charge is -2.25. The first kappa shape index (κ1) is 13.5. The van der Waals surface area contributed by atoms with Crippen molar-refractivity contribution in [3.05, 3.63) is 72.4 Å². The molecule has 1 aliphatic heterocycles. The van der Waals surface area contributed by atoms with E-state index in [4.69, 9.17) is 0 Å². The van der Waals surface area contributed by atoms with E-state index in [1.54, 1.807) is 15.9 Å². The zero-order chi connectivity index (χ0) is 14.9. The van der Waals surface area contributed by atoms with Crippen molar-refractivity contribution in [1.82, 2.24) is 4.57 Å². The highest BCUT2D eigenvalue weighted by Crippen LogP contribution is 2.14. The third-order valence-corrected chi connectivity index (χ3v) is 5.38. The molecular formula is C16H13N3OS2. The molecule has 0 spiro atoms. The minimum absolute atomic E-state index is 0.0396. The van der Waals surface area contributed by atoms with Crippen LogP contribution in [0, 0.1) is 0 Å². The van der Waals surface area contributed by atoms with Crippen molar-refractivity contribution in [3.8, 4) is 0 Å². The molecule has 22 heavy (non-hydrogen) atoms. The highest BCUT2D eigenvalue weighted by atomic mass is 32.1. The number of hydrogen-bond donors (Lipinski definition) is 0. The fraction of sp³-hybridized carbons (Fsp3) is 0.125. The van der Waals surface area contributed by atoms with Gasteiger partial charge in [0.1, 0.15) is 13.3 Å². The predicted octanol–water partition coefficient (Wildman–Crippen LogP) is 1.85. The molecule has 110 valence electrons. The number of aromatic nitrogens is 1. The molecule has 4 rings (SSSR count). The molecule has 0 aliphatic carbocycles. The second-order valence-electron chi connectivity index (χ2n) is 4.96. The Morgan fingerprint density at radius 2 is 2.00 bits per heavy atom. The number of thiazole rings is 1. The molecule has 0 atom stereocenters. The maximum absolute atomic E-state index is 12.6. The van der Waals surface area contributed by atoms with Crippen molar-refractivity contribution in [3.63, 3.8) is 0 Å².